The van der Waals surface area contributed by atoms with Crippen LogP contribution >= 0.6 is 0 Å². The number of nitrogens with zero attached hydrogens (tertiary/aromatic N) is 2. The van der Waals surface area contributed by atoms with Crippen LogP contribution in [0.3, 0.4) is 0 Å². The molecule has 1 saturated heterocycles. The Morgan fingerprint density at radius 1 is 1.11 bits per heavy atom. The first-order valence-corrected chi connectivity index (χ1v) is 9.45. The van der Waals surface area contributed by atoms with Crippen molar-refractivity contribution >= 4 is 6.09 Å². The molecule has 1 aromatic carbocycles. The molecule has 0 atom stereocenters. The van der Waals surface area contributed by atoms with Gasteiger partial charge in [-0.15, -0.1) is 0 Å². The van der Waals surface area contributed by atoms with Gasteiger partial charge in [0.15, 0.2) is 0 Å². The highest BCUT2D eigenvalue weighted by atomic mass is 16.6. The maximum Gasteiger partial charge on any atom is 0.410 e. The molecule has 0 aliphatic carbocycles. The molecule has 2 aromatic rings. The standard InChI is InChI=1S/C21H26N2O5/c1-15(2)27-21(25)22-10-7-17(8-11-22)28-19-9-12-23(20(24)14-19)16-5-4-6-18(13-16)26-3/h4-6,9,12-15,17H,7-8,10-11H2,1-3H3. The normalized spacial score (nSPS) is 14.8. The Hall–Kier alpha value is -2.96. The van der Waals surface area contributed by atoms with Crippen LogP contribution in [0.1, 0.15) is 26.7 Å². The van der Waals surface area contributed by atoms with Crippen LogP contribution < -0.4 is 15.0 Å². The number of hydrogen-bond acceptors (Lipinski definition) is 5. The van der Waals surface area contributed by atoms with Crippen LogP contribution in [0.5, 0.6) is 11.5 Å². The van der Waals surface area contributed by atoms with E-state index >= 15 is 0 Å². The lowest BCUT2D eigenvalue weighted by molar-refractivity contribution is 0.0516. The molecule has 0 spiro atoms. The van der Waals surface area contributed by atoms with Crippen molar-refractivity contribution in [3.8, 4) is 17.2 Å². The summed E-state index contributed by atoms with van der Waals surface area (Å²) in [5.41, 5.74) is 0.552. The summed E-state index contributed by atoms with van der Waals surface area (Å²) in [5.74, 6) is 1.22. The molecular weight excluding hydrogens is 360 g/mol. The summed E-state index contributed by atoms with van der Waals surface area (Å²) in [6.07, 6.45) is 2.65. The monoisotopic (exact) mass is 386 g/mol. The van der Waals surface area contributed by atoms with Crippen LogP contribution in [-0.4, -0.2) is 48.0 Å². The van der Waals surface area contributed by atoms with E-state index in [2.05, 4.69) is 0 Å². The number of carbonyl (C=O) groups is 1. The van der Waals surface area contributed by atoms with Crippen LogP contribution in [0, 0.1) is 0 Å². The van der Waals surface area contributed by atoms with E-state index in [0.29, 0.717) is 37.4 Å². The van der Waals surface area contributed by atoms with Crippen LogP contribution in [-0.2, 0) is 4.74 Å². The molecule has 1 aliphatic heterocycles. The number of carbonyl (C=O) groups excluding carboxylic acids is 1. The SMILES string of the molecule is COc1cccc(-n2ccc(OC3CCN(C(=O)OC(C)C)CC3)cc2=O)c1. The van der Waals surface area contributed by atoms with Gasteiger partial charge in [-0.05, 0) is 32.0 Å². The molecule has 1 amide bonds. The van der Waals surface area contributed by atoms with E-state index in [-0.39, 0.29) is 23.9 Å². The van der Waals surface area contributed by atoms with Gasteiger partial charge < -0.3 is 19.1 Å². The summed E-state index contributed by atoms with van der Waals surface area (Å²) in [6.45, 7) is 4.83. The fourth-order valence-corrected chi connectivity index (χ4v) is 3.13. The maximum absolute atomic E-state index is 12.5. The summed E-state index contributed by atoms with van der Waals surface area (Å²) < 4.78 is 17.9. The van der Waals surface area contributed by atoms with Crippen molar-refractivity contribution in [1.82, 2.24) is 9.47 Å². The molecule has 28 heavy (non-hydrogen) atoms. The van der Waals surface area contributed by atoms with Crippen LogP contribution in [0.15, 0.2) is 47.4 Å². The Balaban J connectivity index is 1.61. The fraction of sp³-hybridized carbons (Fsp3) is 0.429. The average molecular weight is 386 g/mol. The molecule has 0 N–H and O–H groups in total. The molecular formula is C21H26N2O5. The highest BCUT2D eigenvalue weighted by molar-refractivity contribution is 5.67. The number of aromatic nitrogens is 1. The van der Waals surface area contributed by atoms with Gasteiger partial charge in [-0.3, -0.25) is 9.36 Å². The summed E-state index contributed by atoms with van der Waals surface area (Å²) in [4.78, 5) is 26.1. The van der Waals surface area contributed by atoms with Crippen molar-refractivity contribution in [2.75, 3.05) is 20.2 Å². The molecule has 0 saturated carbocycles. The van der Waals surface area contributed by atoms with E-state index in [4.69, 9.17) is 14.2 Å². The first-order valence-electron chi connectivity index (χ1n) is 9.45. The zero-order chi connectivity index (χ0) is 20.1. The van der Waals surface area contributed by atoms with Crippen molar-refractivity contribution < 1.29 is 19.0 Å². The second-order valence-electron chi connectivity index (χ2n) is 7.01. The van der Waals surface area contributed by atoms with E-state index in [1.165, 1.54) is 6.07 Å². The largest absolute Gasteiger partial charge is 0.497 e. The summed E-state index contributed by atoms with van der Waals surface area (Å²) in [7, 11) is 1.59. The lowest BCUT2D eigenvalue weighted by Crippen LogP contribution is -2.42. The number of likely N-dealkylation sites (tertiary alicyclic amines) is 1. The topological polar surface area (TPSA) is 70.0 Å². The number of ether oxygens (including phenoxy) is 3. The molecule has 0 unspecified atom stereocenters. The molecule has 1 aromatic heterocycles. The zero-order valence-corrected chi connectivity index (χ0v) is 16.5. The summed E-state index contributed by atoms with van der Waals surface area (Å²) >= 11 is 0. The zero-order valence-electron chi connectivity index (χ0n) is 16.5. The predicted molar refractivity (Wildman–Crippen MR) is 105 cm³/mol. The Labute approximate surface area is 164 Å². The lowest BCUT2D eigenvalue weighted by Gasteiger charge is -2.32. The highest BCUT2D eigenvalue weighted by Gasteiger charge is 2.25. The highest BCUT2D eigenvalue weighted by Crippen LogP contribution is 2.20. The second kappa shape index (κ2) is 8.82. The van der Waals surface area contributed by atoms with Gasteiger partial charge in [0, 0.05) is 44.3 Å². The van der Waals surface area contributed by atoms with Gasteiger partial charge in [-0.1, -0.05) is 6.07 Å². The van der Waals surface area contributed by atoms with E-state index in [0.717, 1.165) is 5.69 Å². The van der Waals surface area contributed by atoms with Crippen molar-refractivity contribution in [2.24, 2.45) is 0 Å². The van der Waals surface area contributed by atoms with E-state index < -0.39 is 0 Å². The molecule has 7 nitrogen and oxygen atoms in total. The number of rotatable bonds is 5. The Morgan fingerprint density at radius 3 is 2.50 bits per heavy atom. The number of methoxy groups -OCH3 is 1. The number of hydrogen-bond donors (Lipinski definition) is 0. The second-order valence-corrected chi connectivity index (χ2v) is 7.01. The van der Waals surface area contributed by atoms with Gasteiger partial charge in [0.2, 0.25) is 0 Å². The Morgan fingerprint density at radius 2 is 1.86 bits per heavy atom. The summed E-state index contributed by atoms with van der Waals surface area (Å²) in [5, 5.41) is 0. The van der Waals surface area contributed by atoms with Crippen molar-refractivity contribution in [2.45, 2.75) is 38.9 Å². The quantitative estimate of drug-likeness (QED) is 0.789. The molecule has 1 fully saturated rings. The van der Waals surface area contributed by atoms with Gasteiger partial charge in [0.25, 0.3) is 5.56 Å². The minimum absolute atomic E-state index is 0.0323. The van der Waals surface area contributed by atoms with Gasteiger partial charge in [-0.2, -0.15) is 0 Å². The van der Waals surface area contributed by atoms with E-state index in [9.17, 15) is 9.59 Å². The Kier molecular flexibility index (Phi) is 6.23. The molecule has 1 aliphatic rings. The fourth-order valence-electron chi connectivity index (χ4n) is 3.13. The van der Waals surface area contributed by atoms with E-state index in [1.807, 2.05) is 32.0 Å². The first-order chi connectivity index (χ1) is 13.5. The lowest BCUT2D eigenvalue weighted by atomic mass is 10.1. The number of benzene rings is 1. The predicted octanol–water partition coefficient (Wildman–Crippen LogP) is 3.23. The Bertz CT molecular complexity index is 869. The summed E-state index contributed by atoms with van der Waals surface area (Å²) in [6, 6.07) is 10.6. The first kappa shape index (κ1) is 19.8. The molecule has 3 rings (SSSR count). The number of piperidine rings is 1. The third kappa shape index (κ3) is 4.85. The number of amides is 1. The van der Waals surface area contributed by atoms with Crippen molar-refractivity contribution in [1.29, 1.82) is 0 Å². The number of pyridine rings is 1. The maximum atomic E-state index is 12.5. The van der Waals surface area contributed by atoms with Crippen LogP contribution in [0.2, 0.25) is 0 Å². The minimum atomic E-state index is -0.283. The van der Waals surface area contributed by atoms with Gasteiger partial charge in [-0.25, -0.2) is 4.79 Å². The minimum Gasteiger partial charge on any atom is -0.497 e. The van der Waals surface area contributed by atoms with Gasteiger partial charge >= 0.3 is 6.09 Å². The van der Waals surface area contributed by atoms with E-state index in [1.54, 1.807) is 34.9 Å². The third-order valence-electron chi connectivity index (χ3n) is 4.56. The molecule has 7 heteroatoms. The molecule has 2 heterocycles. The third-order valence-corrected chi connectivity index (χ3v) is 4.56. The van der Waals surface area contributed by atoms with Gasteiger partial charge in [0.05, 0.1) is 18.9 Å². The molecule has 150 valence electrons. The molecule has 0 bridgehead atoms. The van der Waals surface area contributed by atoms with Crippen molar-refractivity contribution in [3.05, 3.63) is 52.9 Å². The van der Waals surface area contributed by atoms with Crippen LogP contribution in [0.4, 0.5) is 4.79 Å². The smallest absolute Gasteiger partial charge is 0.410 e. The average Bonchev–Trinajstić information content (AvgIpc) is 2.68. The van der Waals surface area contributed by atoms with Crippen LogP contribution in [0.25, 0.3) is 5.69 Å². The van der Waals surface area contributed by atoms with Gasteiger partial charge in [0.1, 0.15) is 17.6 Å². The van der Waals surface area contributed by atoms with Crippen molar-refractivity contribution in [3.63, 3.8) is 0 Å². The molecule has 0 radical (unpaired) electrons.